The van der Waals surface area contributed by atoms with Gasteiger partial charge in [0.2, 0.25) is 0 Å². The van der Waals surface area contributed by atoms with Crippen LogP contribution in [-0.4, -0.2) is 26.7 Å². The van der Waals surface area contributed by atoms with Gasteiger partial charge in [-0.05, 0) is 55.5 Å². The normalized spacial score (nSPS) is 27.6. The van der Waals surface area contributed by atoms with Crippen molar-refractivity contribution in [1.82, 2.24) is 5.32 Å². The lowest BCUT2D eigenvalue weighted by Gasteiger charge is -2.43. The molecule has 17 heavy (non-hydrogen) atoms. The molecule has 0 aromatic heterocycles. The number of hydrogen-bond donors (Lipinski definition) is 1. The highest BCUT2D eigenvalue weighted by Crippen LogP contribution is 2.42. The summed E-state index contributed by atoms with van der Waals surface area (Å²) in [6, 6.07) is 4.69. The van der Waals surface area contributed by atoms with Crippen molar-refractivity contribution in [3.05, 3.63) is 28.8 Å². The van der Waals surface area contributed by atoms with Crippen molar-refractivity contribution < 1.29 is 0 Å². The van der Waals surface area contributed by atoms with Gasteiger partial charge in [-0.25, -0.2) is 0 Å². The summed E-state index contributed by atoms with van der Waals surface area (Å²) in [6.45, 7) is 8.05. The number of aryl methyl sites for hydroxylation is 2. The molecule has 0 bridgehead atoms. The Bertz CT molecular complexity index is 439. The van der Waals surface area contributed by atoms with Gasteiger partial charge in [-0.15, -0.1) is 0 Å². The third kappa shape index (κ3) is 1.75. The van der Waals surface area contributed by atoms with E-state index in [2.05, 4.69) is 43.2 Å². The summed E-state index contributed by atoms with van der Waals surface area (Å²) in [5.41, 5.74) is 5.93. The van der Waals surface area contributed by atoms with E-state index in [4.69, 9.17) is 0 Å². The molecule has 0 spiro atoms. The molecule has 2 heteroatoms. The fraction of sp³-hybridized carbons (Fsp3) is 0.600. The van der Waals surface area contributed by atoms with E-state index in [0.717, 1.165) is 18.4 Å². The van der Waals surface area contributed by atoms with E-state index in [9.17, 15) is 0 Å². The zero-order valence-electron chi connectivity index (χ0n) is 11.1. The van der Waals surface area contributed by atoms with Gasteiger partial charge in [-0.1, -0.05) is 6.07 Å². The molecule has 0 amide bonds. The zero-order chi connectivity index (χ0) is 12.0. The molecule has 92 valence electrons. The Morgan fingerprint density at radius 2 is 2.12 bits per heavy atom. The predicted octanol–water partition coefficient (Wildman–Crippen LogP) is 2.45. The van der Waals surface area contributed by atoms with Gasteiger partial charge >= 0.3 is 0 Å². The molecular formula is C15H22N2. The molecule has 2 atom stereocenters. The van der Waals surface area contributed by atoms with Crippen molar-refractivity contribution in [2.24, 2.45) is 5.92 Å². The molecule has 0 aliphatic carbocycles. The summed E-state index contributed by atoms with van der Waals surface area (Å²) in [5.74, 6) is 1.57. The molecule has 2 nitrogen and oxygen atoms in total. The van der Waals surface area contributed by atoms with Crippen LogP contribution in [0.25, 0.3) is 0 Å². The van der Waals surface area contributed by atoms with Crippen LogP contribution < -0.4 is 10.2 Å². The third-order valence-corrected chi connectivity index (χ3v) is 4.42. The first-order valence-corrected chi connectivity index (χ1v) is 6.70. The van der Waals surface area contributed by atoms with E-state index in [0.29, 0.717) is 0 Å². The van der Waals surface area contributed by atoms with E-state index in [1.807, 2.05) is 0 Å². The average molecular weight is 230 g/mol. The number of piperidine rings is 1. The van der Waals surface area contributed by atoms with Gasteiger partial charge in [0.1, 0.15) is 0 Å². The Kier molecular flexibility index (Phi) is 2.62. The summed E-state index contributed by atoms with van der Waals surface area (Å²) in [7, 11) is 2.25. The van der Waals surface area contributed by atoms with Crippen LogP contribution in [0.5, 0.6) is 0 Å². The number of rotatable bonds is 0. The number of nitrogens with zero attached hydrogens (tertiary/aromatic N) is 1. The fourth-order valence-electron chi connectivity index (χ4n) is 3.67. The van der Waals surface area contributed by atoms with E-state index >= 15 is 0 Å². The number of nitrogens with one attached hydrogen (secondary N) is 1. The maximum absolute atomic E-state index is 3.56. The SMILES string of the molecule is Cc1cc(C)c2c(c1)N(C)CC1CCNCC21. The minimum Gasteiger partial charge on any atom is -0.374 e. The quantitative estimate of drug-likeness (QED) is 0.736. The van der Waals surface area contributed by atoms with Crippen LogP contribution in [0.15, 0.2) is 12.1 Å². The molecule has 1 fully saturated rings. The fourth-order valence-corrected chi connectivity index (χ4v) is 3.67. The Hall–Kier alpha value is -1.02. The van der Waals surface area contributed by atoms with E-state index in [1.54, 1.807) is 5.56 Å². The van der Waals surface area contributed by atoms with E-state index < -0.39 is 0 Å². The lowest BCUT2D eigenvalue weighted by molar-refractivity contribution is 0.316. The number of anilines is 1. The first kappa shape index (κ1) is 11.1. The predicted molar refractivity (Wildman–Crippen MR) is 72.9 cm³/mol. The van der Waals surface area contributed by atoms with Gasteiger partial charge in [-0.3, -0.25) is 0 Å². The first-order valence-electron chi connectivity index (χ1n) is 6.70. The van der Waals surface area contributed by atoms with Crippen molar-refractivity contribution >= 4 is 5.69 Å². The van der Waals surface area contributed by atoms with Crippen LogP contribution in [0.1, 0.15) is 29.0 Å². The van der Waals surface area contributed by atoms with E-state index in [1.165, 1.54) is 36.3 Å². The van der Waals surface area contributed by atoms with Crippen LogP contribution in [0, 0.1) is 19.8 Å². The van der Waals surface area contributed by atoms with Crippen LogP contribution in [0.4, 0.5) is 5.69 Å². The van der Waals surface area contributed by atoms with Crippen molar-refractivity contribution in [1.29, 1.82) is 0 Å². The summed E-state index contributed by atoms with van der Waals surface area (Å²) in [5, 5.41) is 3.56. The monoisotopic (exact) mass is 230 g/mol. The van der Waals surface area contributed by atoms with Gasteiger partial charge < -0.3 is 10.2 Å². The second-order valence-electron chi connectivity index (χ2n) is 5.75. The largest absolute Gasteiger partial charge is 0.374 e. The third-order valence-electron chi connectivity index (χ3n) is 4.42. The minimum atomic E-state index is 0.732. The maximum atomic E-state index is 3.56. The zero-order valence-corrected chi connectivity index (χ0v) is 11.1. The van der Waals surface area contributed by atoms with Crippen molar-refractivity contribution in [2.45, 2.75) is 26.2 Å². The summed E-state index contributed by atoms with van der Waals surface area (Å²) in [4.78, 5) is 2.46. The molecule has 2 heterocycles. The Balaban J connectivity index is 2.11. The molecule has 2 aliphatic heterocycles. The van der Waals surface area contributed by atoms with Crippen molar-refractivity contribution in [2.75, 3.05) is 31.6 Å². The maximum Gasteiger partial charge on any atom is 0.0405 e. The molecule has 3 rings (SSSR count). The Morgan fingerprint density at radius 1 is 1.29 bits per heavy atom. The van der Waals surface area contributed by atoms with Gasteiger partial charge in [0.25, 0.3) is 0 Å². The van der Waals surface area contributed by atoms with E-state index in [-0.39, 0.29) is 0 Å². The van der Waals surface area contributed by atoms with Crippen molar-refractivity contribution in [3.63, 3.8) is 0 Å². The number of benzene rings is 1. The van der Waals surface area contributed by atoms with Gasteiger partial charge in [0.15, 0.2) is 0 Å². The molecule has 2 aliphatic rings. The molecule has 2 unspecified atom stereocenters. The lowest BCUT2D eigenvalue weighted by atomic mass is 9.75. The molecule has 1 N–H and O–H groups in total. The van der Waals surface area contributed by atoms with Crippen LogP contribution in [0.2, 0.25) is 0 Å². The highest BCUT2D eigenvalue weighted by atomic mass is 15.1. The summed E-state index contributed by atoms with van der Waals surface area (Å²) < 4.78 is 0. The second-order valence-corrected chi connectivity index (χ2v) is 5.75. The van der Waals surface area contributed by atoms with Crippen LogP contribution in [0.3, 0.4) is 0 Å². The van der Waals surface area contributed by atoms with Crippen LogP contribution >= 0.6 is 0 Å². The second kappa shape index (κ2) is 4.02. The molecule has 1 aromatic rings. The number of fused-ring (bicyclic) bond motifs is 3. The van der Waals surface area contributed by atoms with Crippen LogP contribution in [-0.2, 0) is 0 Å². The van der Waals surface area contributed by atoms with Gasteiger partial charge in [0.05, 0.1) is 0 Å². The van der Waals surface area contributed by atoms with Crippen molar-refractivity contribution in [3.8, 4) is 0 Å². The highest BCUT2D eigenvalue weighted by molar-refractivity contribution is 5.62. The molecule has 0 radical (unpaired) electrons. The summed E-state index contributed by atoms with van der Waals surface area (Å²) in [6.07, 6.45) is 1.32. The molecular weight excluding hydrogens is 208 g/mol. The summed E-state index contributed by atoms with van der Waals surface area (Å²) >= 11 is 0. The Morgan fingerprint density at radius 3 is 2.94 bits per heavy atom. The average Bonchev–Trinajstić information content (AvgIpc) is 2.29. The smallest absolute Gasteiger partial charge is 0.0405 e. The van der Waals surface area contributed by atoms with Gasteiger partial charge in [0, 0.05) is 31.7 Å². The Labute approximate surface area is 104 Å². The minimum absolute atomic E-state index is 0.732. The molecule has 1 aromatic carbocycles. The number of hydrogen-bond acceptors (Lipinski definition) is 2. The molecule has 0 saturated carbocycles. The first-order chi connectivity index (χ1) is 8.16. The van der Waals surface area contributed by atoms with Gasteiger partial charge in [-0.2, -0.15) is 0 Å². The molecule has 1 saturated heterocycles. The highest BCUT2D eigenvalue weighted by Gasteiger charge is 2.34. The standard InChI is InChI=1S/C15H22N2/c1-10-6-11(2)15-13-8-16-5-4-12(13)9-17(3)14(15)7-10/h6-7,12-13,16H,4-5,8-9H2,1-3H3. The topological polar surface area (TPSA) is 15.3 Å². The lowest BCUT2D eigenvalue weighted by Crippen LogP contribution is -2.44.